The van der Waals surface area contributed by atoms with Gasteiger partial charge in [0.05, 0.1) is 12.5 Å². The van der Waals surface area contributed by atoms with E-state index in [1.54, 1.807) is 12.1 Å². The van der Waals surface area contributed by atoms with E-state index < -0.39 is 11.6 Å². The number of rotatable bonds is 3. The molecule has 0 amide bonds. The third-order valence-corrected chi connectivity index (χ3v) is 1.70. The Morgan fingerprint density at radius 1 is 0.867 bits per heavy atom. The molecule has 15 heavy (non-hydrogen) atoms. The summed E-state index contributed by atoms with van der Waals surface area (Å²) in [7, 11) is 0. The Kier molecular flexibility index (Phi) is 4.08. The molecule has 5 heteroatoms. The van der Waals surface area contributed by atoms with E-state index in [0.29, 0.717) is 0 Å². The van der Waals surface area contributed by atoms with E-state index in [1.165, 1.54) is 24.7 Å². The minimum absolute atomic E-state index is 0. The van der Waals surface area contributed by atoms with Gasteiger partial charge in [0.25, 0.3) is 11.6 Å². The molecule has 0 atom stereocenters. The van der Waals surface area contributed by atoms with Crippen molar-refractivity contribution in [3.63, 3.8) is 0 Å². The van der Waals surface area contributed by atoms with E-state index in [-0.39, 0.29) is 41.1 Å². The van der Waals surface area contributed by atoms with Crippen molar-refractivity contribution in [2.24, 2.45) is 0 Å². The van der Waals surface area contributed by atoms with Gasteiger partial charge in [0.1, 0.15) is 0 Å². The zero-order valence-electron chi connectivity index (χ0n) is 7.10. The summed E-state index contributed by atoms with van der Waals surface area (Å²) in [5.41, 5.74) is 0. The van der Waals surface area contributed by atoms with Crippen LogP contribution >= 0.6 is 0 Å². The average Bonchev–Trinajstić information content (AvgIpc) is 2.87. The topological polar surface area (TPSA) is 60.4 Å². The zero-order chi connectivity index (χ0) is 9.97. The van der Waals surface area contributed by atoms with Crippen LogP contribution in [0.3, 0.4) is 0 Å². The fourth-order valence-electron chi connectivity index (χ4n) is 1.04. The van der Waals surface area contributed by atoms with Crippen molar-refractivity contribution in [3.05, 3.63) is 48.3 Å². The van der Waals surface area contributed by atoms with E-state index in [4.69, 9.17) is 8.83 Å². The number of carbonyl (C=O) groups is 2. The first-order chi connectivity index (χ1) is 6.79. The second-order valence-electron chi connectivity index (χ2n) is 2.61. The SMILES string of the molecule is O=C(C(=O)c1ccco1)c1ccco1.[NaH]. The molecule has 0 aliphatic heterocycles. The number of furan rings is 2. The Labute approximate surface area is 108 Å². The Morgan fingerprint density at radius 3 is 1.53 bits per heavy atom. The summed E-state index contributed by atoms with van der Waals surface area (Å²) >= 11 is 0. The average molecular weight is 214 g/mol. The van der Waals surface area contributed by atoms with Gasteiger partial charge in [0.15, 0.2) is 11.5 Å². The van der Waals surface area contributed by atoms with E-state index in [1.807, 2.05) is 0 Å². The molecule has 0 N–H and O–H groups in total. The Morgan fingerprint density at radius 2 is 1.27 bits per heavy atom. The van der Waals surface area contributed by atoms with Gasteiger partial charge in [-0.2, -0.15) is 0 Å². The molecule has 0 unspecified atom stereocenters. The first-order valence-electron chi connectivity index (χ1n) is 3.95. The monoisotopic (exact) mass is 214 g/mol. The quantitative estimate of drug-likeness (QED) is 0.438. The second kappa shape index (κ2) is 5.11. The molecule has 0 aliphatic carbocycles. The van der Waals surface area contributed by atoms with Gasteiger partial charge in [-0.1, -0.05) is 0 Å². The second-order valence-corrected chi connectivity index (χ2v) is 2.61. The summed E-state index contributed by atoms with van der Waals surface area (Å²) in [5.74, 6) is -1.37. The minimum atomic E-state index is -0.704. The van der Waals surface area contributed by atoms with Crippen LogP contribution in [0.1, 0.15) is 21.1 Å². The summed E-state index contributed by atoms with van der Waals surface area (Å²) in [6, 6.07) is 5.96. The van der Waals surface area contributed by atoms with Gasteiger partial charge in [-0.25, -0.2) is 0 Å². The molecule has 0 saturated carbocycles. The van der Waals surface area contributed by atoms with Crippen LogP contribution in [-0.2, 0) is 0 Å². The summed E-state index contributed by atoms with van der Waals surface area (Å²) in [6.07, 6.45) is 2.67. The van der Waals surface area contributed by atoms with E-state index in [0.717, 1.165) is 0 Å². The van der Waals surface area contributed by atoms with Crippen LogP contribution in [0.5, 0.6) is 0 Å². The van der Waals surface area contributed by atoms with Crippen LogP contribution in [0.25, 0.3) is 0 Å². The van der Waals surface area contributed by atoms with Crippen LogP contribution in [0, 0.1) is 0 Å². The molecule has 2 aromatic rings. The number of carbonyl (C=O) groups excluding carboxylic acids is 2. The van der Waals surface area contributed by atoms with Crippen LogP contribution in [0.2, 0.25) is 0 Å². The molecule has 0 bridgehead atoms. The first kappa shape index (κ1) is 12.0. The molecule has 0 aromatic carbocycles. The van der Waals surface area contributed by atoms with Gasteiger partial charge in [-0.15, -0.1) is 0 Å². The van der Waals surface area contributed by atoms with Gasteiger partial charge >= 0.3 is 29.6 Å². The molecular weight excluding hydrogens is 207 g/mol. The summed E-state index contributed by atoms with van der Waals surface area (Å²) < 4.78 is 9.60. The molecule has 2 rings (SSSR count). The number of ketones is 2. The van der Waals surface area contributed by atoms with Gasteiger partial charge in [0.2, 0.25) is 0 Å². The van der Waals surface area contributed by atoms with Crippen molar-refractivity contribution in [2.45, 2.75) is 0 Å². The van der Waals surface area contributed by atoms with Crippen LogP contribution in [0.4, 0.5) is 0 Å². The summed E-state index contributed by atoms with van der Waals surface area (Å²) in [4.78, 5) is 22.8. The van der Waals surface area contributed by atoms with Crippen LogP contribution in [0.15, 0.2) is 45.6 Å². The van der Waals surface area contributed by atoms with Crippen molar-refractivity contribution in [1.29, 1.82) is 0 Å². The Bertz CT molecular complexity index is 397. The standard InChI is InChI=1S/C10H6O4.Na.H/c11-9(7-3-1-5-13-7)10(12)8-4-2-6-14-8;;/h1-6H;;. The van der Waals surface area contributed by atoms with Gasteiger partial charge in [-0.05, 0) is 24.3 Å². The molecule has 0 radical (unpaired) electrons. The van der Waals surface area contributed by atoms with Crippen LogP contribution in [-0.4, -0.2) is 41.1 Å². The molecule has 4 nitrogen and oxygen atoms in total. The molecule has 0 fully saturated rings. The third-order valence-electron chi connectivity index (χ3n) is 1.70. The predicted molar refractivity (Wildman–Crippen MR) is 53.2 cm³/mol. The molecule has 72 valence electrons. The number of hydrogen-bond acceptors (Lipinski definition) is 4. The van der Waals surface area contributed by atoms with Crippen molar-refractivity contribution >= 4 is 41.1 Å². The third kappa shape index (κ3) is 2.47. The summed E-state index contributed by atoms with van der Waals surface area (Å²) in [6.45, 7) is 0. The Hall–Kier alpha value is -1.10. The van der Waals surface area contributed by atoms with Crippen molar-refractivity contribution < 1.29 is 18.4 Å². The van der Waals surface area contributed by atoms with Gasteiger partial charge < -0.3 is 8.83 Å². The van der Waals surface area contributed by atoms with Crippen molar-refractivity contribution in [1.82, 2.24) is 0 Å². The molecule has 2 aromatic heterocycles. The fourth-order valence-corrected chi connectivity index (χ4v) is 1.04. The molecule has 2 heterocycles. The van der Waals surface area contributed by atoms with Crippen LogP contribution < -0.4 is 0 Å². The normalized spacial score (nSPS) is 9.33. The summed E-state index contributed by atoms with van der Waals surface area (Å²) in [5, 5.41) is 0. The maximum atomic E-state index is 11.4. The van der Waals surface area contributed by atoms with Crippen molar-refractivity contribution in [2.75, 3.05) is 0 Å². The molecular formula is C10H7NaO4. The zero-order valence-corrected chi connectivity index (χ0v) is 7.10. The van der Waals surface area contributed by atoms with Gasteiger partial charge in [0, 0.05) is 0 Å². The number of Topliss-reactive ketones (excluding diaryl/α,β-unsaturated/α-hetero) is 2. The van der Waals surface area contributed by atoms with E-state index in [9.17, 15) is 9.59 Å². The molecule has 0 spiro atoms. The first-order valence-corrected chi connectivity index (χ1v) is 3.95. The van der Waals surface area contributed by atoms with E-state index >= 15 is 0 Å². The van der Waals surface area contributed by atoms with E-state index in [2.05, 4.69) is 0 Å². The van der Waals surface area contributed by atoms with Gasteiger partial charge in [-0.3, -0.25) is 9.59 Å². The molecule has 0 saturated heterocycles. The fraction of sp³-hybridized carbons (Fsp3) is 0. The van der Waals surface area contributed by atoms with Crippen molar-refractivity contribution in [3.8, 4) is 0 Å². The molecule has 0 aliphatic rings. The maximum absolute atomic E-state index is 11.4. The predicted octanol–water partition coefficient (Wildman–Crippen LogP) is 1.29. The number of hydrogen-bond donors (Lipinski definition) is 0. The Balaban J connectivity index is 0.00000112.